The Labute approximate surface area is 114 Å². The Kier molecular flexibility index (Phi) is 4.41. The predicted octanol–water partition coefficient (Wildman–Crippen LogP) is 4.62. The van der Waals surface area contributed by atoms with Crippen LogP contribution in [0.4, 0.5) is 0 Å². The number of nitrogens with one attached hydrogen (secondary N) is 1. The van der Waals surface area contributed by atoms with Crippen molar-refractivity contribution in [3.05, 3.63) is 0 Å². The second kappa shape index (κ2) is 5.53. The molecule has 0 saturated heterocycles. The molecule has 2 rings (SSSR count). The van der Waals surface area contributed by atoms with Gasteiger partial charge in [-0.2, -0.15) is 0 Å². The Balaban J connectivity index is 1.93. The molecule has 4 atom stereocenters. The van der Waals surface area contributed by atoms with Crippen LogP contribution in [0.25, 0.3) is 0 Å². The minimum atomic E-state index is 0.575. The minimum absolute atomic E-state index is 0.575. The van der Waals surface area contributed by atoms with Crippen molar-refractivity contribution in [1.29, 1.82) is 0 Å². The Morgan fingerprint density at radius 2 is 1.83 bits per heavy atom. The largest absolute Gasteiger partial charge is 0.311 e. The van der Waals surface area contributed by atoms with Crippen molar-refractivity contribution in [1.82, 2.24) is 5.32 Å². The van der Waals surface area contributed by atoms with Crippen LogP contribution in [0.5, 0.6) is 0 Å². The van der Waals surface area contributed by atoms with E-state index in [1.807, 2.05) is 0 Å². The second-order valence-electron chi connectivity index (χ2n) is 8.20. The molecule has 1 N–H and O–H groups in total. The van der Waals surface area contributed by atoms with E-state index in [1.54, 1.807) is 0 Å². The molecule has 2 saturated carbocycles. The lowest BCUT2D eigenvalue weighted by Gasteiger charge is -2.39. The molecule has 0 aromatic heterocycles. The van der Waals surface area contributed by atoms with Gasteiger partial charge in [-0.1, -0.05) is 41.0 Å². The topological polar surface area (TPSA) is 12.0 Å². The third-order valence-corrected chi connectivity index (χ3v) is 5.44. The van der Waals surface area contributed by atoms with E-state index in [4.69, 9.17) is 0 Å². The molecule has 4 unspecified atom stereocenters. The molecule has 2 aliphatic carbocycles. The van der Waals surface area contributed by atoms with Crippen LogP contribution in [-0.4, -0.2) is 12.1 Å². The summed E-state index contributed by atoms with van der Waals surface area (Å²) in [6.07, 6.45) is 8.45. The normalized spacial score (nSPS) is 40.3. The van der Waals surface area contributed by atoms with Crippen molar-refractivity contribution >= 4 is 0 Å². The van der Waals surface area contributed by atoms with Gasteiger partial charge < -0.3 is 5.32 Å². The van der Waals surface area contributed by atoms with E-state index in [1.165, 1.54) is 38.5 Å². The molecule has 0 aromatic rings. The molecule has 1 nitrogen and oxygen atoms in total. The highest BCUT2D eigenvalue weighted by atomic mass is 15.0. The Morgan fingerprint density at radius 3 is 2.39 bits per heavy atom. The lowest BCUT2D eigenvalue weighted by molar-refractivity contribution is 0.157. The summed E-state index contributed by atoms with van der Waals surface area (Å²) in [5.41, 5.74) is 0.575. The van der Waals surface area contributed by atoms with Crippen molar-refractivity contribution in [2.45, 2.75) is 85.2 Å². The second-order valence-corrected chi connectivity index (χ2v) is 8.20. The first-order chi connectivity index (χ1) is 8.37. The zero-order valence-corrected chi connectivity index (χ0v) is 13.1. The maximum atomic E-state index is 4.04. The van der Waals surface area contributed by atoms with Crippen LogP contribution in [0, 0.1) is 23.2 Å². The van der Waals surface area contributed by atoms with Gasteiger partial charge in [-0.05, 0) is 55.3 Å². The van der Waals surface area contributed by atoms with Gasteiger partial charge in [0.15, 0.2) is 0 Å². The van der Waals surface area contributed by atoms with Crippen molar-refractivity contribution in [2.24, 2.45) is 23.2 Å². The first-order valence-corrected chi connectivity index (χ1v) is 8.13. The molecule has 0 spiro atoms. The van der Waals surface area contributed by atoms with E-state index in [0.29, 0.717) is 5.41 Å². The van der Waals surface area contributed by atoms with E-state index in [2.05, 4.69) is 39.9 Å². The van der Waals surface area contributed by atoms with Gasteiger partial charge in [0.1, 0.15) is 0 Å². The van der Waals surface area contributed by atoms with Gasteiger partial charge in [0, 0.05) is 12.1 Å². The van der Waals surface area contributed by atoms with E-state index in [0.717, 1.165) is 29.8 Å². The van der Waals surface area contributed by atoms with Crippen molar-refractivity contribution in [3.63, 3.8) is 0 Å². The van der Waals surface area contributed by atoms with Crippen LogP contribution in [-0.2, 0) is 0 Å². The molecule has 0 bridgehead atoms. The van der Waals surface area contributed by atoms with Crippen LogP contribution in [0.2, 0.25) is 0 Å². The molecule has 0 amide bonds. The smallest absolute Gasteiger partial charge is 0.0103 e. The maximum Gasteiger partial charge on any atom is 0.0103 e. The minimum Gasteiger partial charge on any atom is -0.311 e. The average molecular weight is 251 g/mol. The first kappa shape index (κ1) is 14.4. The van der Waals surface area contributed by atoms with Gasteiger partial charge in [-0.3, -0.25) is 0 Å². The summed E-state index contributed by atoms with van der Waals surface area (Å²) in [6, 6.07) is 1.57. The fraction of sp³-hybridized carbons (Fsp3) is 1.00. The monoisotopic (exact) mass is 251 g/mol. The summed E-state index contributed by atoms with van der Waals surface area (Å²) in [5.74, 6) is 2.67. The zero-order valence-electron chi connectivity index (χ0n) is 13.1. The molecule has 2 aliphatic rings. The Bertz CT molecular complexity index is 269. The van der Waals surface area contributed by atoms with Crippen LogP contribution in [0.1, 0.15) is 73.1 Å². The Morgan fingerprint density at radius 1 is 1.11 bits per heavy atom. The van der Waals surface area contributed by atoms with E-state index in [9.17, 15) is 0 Å². The molecule has 18 heavy (non-hydrogen) atoms. The summed E-state index contributed by atoms with van der Waals surface area (Å²) in [7, 11) is 0. The summed E-state index contributed by atoms with van der Waals surface area (Å²) in [6.45, 7) is 12.1. The molecule has 0 heterocycles. The van der Waals surface area contributed by atoms with Crippen LogP contribution < -0.4 is 5.32 Å². The summed E-state index contributed by atoms with van der Waals surface area (Å²) >= 11 is 0. The van der Waals surface area contributed by atoms with Crippen LogP contribution in [0.3, 0.4) is 0 Å². The van der Waals surface area contributed by atoms with Crippen molar-refractivity contribution in [3.8, 4) is 0 Å². The maximum absolute atomic E-state index is 4.04. The number of rotatable bonds is 3. The van der Waals surface area contributed by atoms with Gasteiger partial charge in [0.2, 0.25) is 0 Å². The summed E-state index contributed by atoms with van der Waals surface area (Å²) in [4.78, 5) is 0. The van der Waals surface area contributed by atoms with Crippen molar-refractivity contribution in [2.75, 3.05) is 0 Å². The third-order valence-electron chi connectivity index (χ3n) is 5.44. The molecule has 1 heteroatoms. The molecule has 2 fully saturated rings. The van der Waals surface area contributed by atoms with Crippen LogP contribution >= 0.6 is 0 Å². The SMILES string of the molecule is CC1CCC(C(C)C)C(NC2CCC(C)(C)C2)C1. The number of hydrogen-bond donors (Lipinski definition) is 1. The Hall–Kier alpha value is -0.0400. The van der Waals surface area contributed by atoms with Gasteiger partial charge in [-0.15, -0.1) is 0 Å². The van der Waals surface area contributed by atoms with Crippen LogP contribution in [0.15, 0.2) is 0 Å². The molecule has 106 valence electrons. The van der Waals surface area contributed by atoms with Gasteiger partial charge in [0.05, 0.1) is 0 Å². The lowest BCUT2D eigenvalue weighted by Crippen LogP contribution is -2.46. The average Bonchev–Trinajstić information content (AvgIpc) is 2.57. The molecule has 0 aliphatic heterocycles. The van der Waals surface area contributed by atoms with Gasteiger partial charge >= 0.3 is 0 Å². The van der Waals surface area contributed by atoms with Gasteiger partial charge in [0.25, 0.3) is 0 Å². The van der Waals surface area contributed by atoms with E-state index >= 15 is 0 Å². The van der Waals surface area contributed by atoms with Crippen molar-refractivity contribution < 1.29 is 0 Å². The summed E-state index contributed by atoms with van der Waals surface area (Å²) in [5, 5.41) is 4.04. The van der Waals surface area contributed by atoms with E-state index < -0.39 is 0 Å². The standard InChI is InChI=1S/C17H33N/c1-12(2)15-7-6-13(3)10-16(15)18-14-8-9-17(4,5)11-14/h12-16,18H,6-11H2,1-5H3. The highest BCUT2D eigenvalue weighted by Crippen LogP contribution is 2.39. The quantitative estimate of drug-likeness (QED) is 0.772. The first-order valence-electron chi connectivity index (χ1n) is 8.13. The molecule has 0 radical (unpaired) electrons. The highest BCUT2D eigenvalue weighted by molar-refractivity contribution is 4.92. The van der Waals surface area contributed by atoms with Gasteiger partial charge in [-0.25, -0.2) is 0 Å². The molecular weight excluding hydrogens is 218 g/mol. The van der Waals surface area contributed by atoms with E-state index in [-0.39, 0.29) is 0 Å². The number of hydrogen-bond acceptors (Lipinski definition) is 1. The highest BCUT2D eigenvalue weighted by Gasteiger charge is 2.36. The fourth-order valence-corrected chi connectivity index (χ4v) is 4.28. The molecular formula is C17H33N. The lowest BCUT2D eigenvalue weighted by atomic mass is 9.73. The summed E-state index contributed by atoms with van der Waals surface area (Å²) < 4.78 is 0. The zero-order chi connectivity index (χ0) is 13.3. The fourth-order valence-electron chi connectivity index (χ4n) is 4.28. The third kappa shape index (κ3) is 3.50. The molecule has 0 aromatic carbocycles. The predicted molar refractivity (Wildman–Crippen MR) is 79.7 cm³/mol.